The highest BCUT2D eigenvalue weighted by Crippen LogP contribution is 2.42. The first kappa shape index (κ1) is 26.2. The molecule has 0 spiro atoms. The molecule has 192 valence electrons. The van der Waals surface area contributed by atoms with Crippen LogP contribution in [0.1, 0.15) is 28.7 Å². The maximum Gasteiger partial charge on any atom is 0.379 e. The van der Waals surface area contributed by atoms with Crippen molar-refractivity contribution in [2.75, 3.05) is 0 Å². The molecule has 0 saturated heterocycles. The van der Waals surface area contributed by atoms with Crippen molar-refractivity contribution in [2.24, 2.45) is 10.9 Å². The van der Waals surface area contributed by atoms with Crippen LogP contribution in [-0.4, -0.2) is 4.89 Å². The van der Waals surface area contributed by atoms with Crippen LogP contribution in [0.25, 0.3) is 28.3 Å². The van der Waals surface area contributed by atoms with E-state index in [2.05, 4.69) is 54.0 Å². The van der Waals surface area contributed by atoms with Crippen LogP contribution in [0.4, 0.5) is 0 Å². The number of rotatable bonds is 8. The van der Waals surface area contributed by atoms with Gasteiger partial charge in [0.05, 0.1) is 5.30 Å². The average Bonchev–Trinajstić information content (AvgIpc) is 3.01. The van der Waals surface area contributed by atoms with Crippen LogP contribution in [-0.2, 0) is 4.57 Å². The van der Waals surface area contributed by atoms with Gasteiger partial charge in [-0.1, -0.05) is 109 Å². The fourth-order valence-electron chi connectivity index (χ4n) is 4.69. The van der Waals surface area contributed by atoms with E-state index < -0.39 is 7.52 Å². The molecule has 0 bridgehead atoms. The Hall–Kier alpha value is -4.37. The predicted molar refractivity (Wildman–Crippen MR) is 162 cm³/mol. The molecular formula is C34H28NO3P. The molecule has 4 aromatic rings. The number of hydrogen-bond donors (Lipinski definition) is 1. The summed E-state index contributed by atoms with van der Waals surface area (Å²) in [5.41, 5.74) is 7.67. The largest absolute Gasteiger partial charge is 0.379 e. The molecule has 4 aromatic carbocycles. The molecule has 1 N–H and O–H groups in total. The number of benzene rings is 4. The summed E-state index contributed by atoms with van der Waals surface area (Å²) in [6.45, 7) is 3.85. The standard InChI is InChI=1S/C34H28NO3P/c1-2-25-13-17-27(18-14-25)31-22-32(24-33(23-31)39(37,38)35-36)28-19-15-26(16-20-28)21-34(29-9-5-3-6-10-29)30-11-7-4-8-12-30/h2-13,15-25H,1,14H2,(H,37,38). The monoisotopic (exact) mass is 529 g/mol. The van der Waals surface area contributed by atoms with Crippen molar-refractivity contribution in [3.8, 4) is 11.1 Å². The minimum atomic E-state index is -4.37. The molecule has 0 saturated carbocycles. The molecule has 1 aliphatic rings. The minimum absolute atomic E-state index is 0.0181. The Balaban J connectivity index is 1.54. The van der Waals surface area contributed by atoms with E-state index in [1.54, 1.807) is 12.1 Å². The number of nitroso groups, excluding NO2 is 1. The van der Waals surface area contributed by atoms with Crippen LogP contribution in [0.15, 0.2) is 139 Å². The minimum Gasteiger partial charge on any atom is -0.323 e. The van der Waals surface area contributed by atoms with Gasteiger partial charge in [-0.3, -0.25) is 4.57 Å². The second-order valence-corrected chi connectivity index (χ2v) is 11.2. The lowest BCUT2D eigenvalue weighted by Crippen LogP contribution is -2.06. The summed E-state index contributed by atoms with van der Waals surface area (Å²) < 4.78 is 12.6. The lowest BCUT2D eigenvalue weighted by Gasteiger charge is -2.16. The lowest BCUT2D eigenvalue weighted by molar-refractivity contribution is 0.491. The topological polar surface area (TPSA) is 66.7 Å². The zero-order valence-electron chi connectivity index (χ0n) is 21.4. The van der Waals surface area contributed by atoms with Crippen LogP contribution >= 0.6 is 7.52 Å². The van der Waals surface area contributed by atoms with Crippen molar-refractivity contribution < 1.29 is 9.46 Å². The molecular weight excluding hydrogens is 501 g/mol. The summed E-state index contributed by atoms with van der Waals surface area (Å²) in [6, 6.07) is 33.7. The maximum absolute atomic E-state index is 12.6. The predicted octanol–water partition coefficient (Wildman–Crippen LogP) is 8.67. The van der Waals surface area contributed by atoms with Gasteiger partial charge in [0.15, 0.2) is 0 Å². The zero-order chi connectivity index (χ0) is 27.2. The van der Waals surface area contributed by atoms with Crippen LogP contribution in [0.3, 0.4) is 0 Å². The third-order valence-corrected chi connectivity index (χ3v) is 8.01. The summed E-state index contributed by atoms with van der Waals surface area (Å²) in [6.07, 6.45) is 11.0. The quantitative estimate of drug-likeness (QED) is 0.107. The zero-order valence-corrected chi connectivity index (χ0v) is 22.2. The highest BCUT2D eigenvalue weighted by Gasteiger charge is 2.24. The molecule has 0 aromatic heterocycles. The Bertz CT molecular complexity index is 1590. The fourth-order valence-corrected chi connectivity index (χ4v) is 5.40. The van der Waals surface area contributed by atoms with Gasteiger partial charge in [-0.2, -0.15) is 0 Å². The van der Waals surface area contributed by atoms with Gasteiger partial charge in [-0.15, -0.1) is 11.5 Å². The molecule has 2 unspecified atom stereocenters. The fraction of sp³-hybridized carbons (Fsp3) is 0.0588. The van der Waals surface area contributed by atoms with Crippen molar-refractivity contribution in [1.29, 1.82) is 0 Å². The highest BCUT2D eigenvalue weighted by molar-refractivity contribution is 7.64. The van der Waals surface area contributed by atoms with Crippen molar-refractivity contribution in [2.45, 2.75) is 6.42 Å². The molecule has 0 heterocycles. The Morgan fingerprint density at radius 3 is 2.00 bits per heavy atom. The van der Waals surface area contributed by atoms with Gasteiger partial charge in [0.25, 0.3) is 0 Å². The molecule has 2 atom stereocenters. The first-order valence-corrected chi connectivity index (χ1v) is 14.4. The van der Waals surface area contributed by atoms with Crippen LogP contribution in [0, 0.1) is 10.8 Å². The second kappa shape index (κ2) is 11.6. The van der Waals surface area contributed by atoms with Gasteiger partial charge in [-0.05, 0) is 81.1 Å². The Labute approximate surface area is 228 Å². The van der Waals surface area contributed by atoms with Crippen LogP contribution < -0.4 is 5.30 Å². The maximum atomic E-state index is 12.6. The van der Waals surface area contributed by atoms with Crippen molar-refractivity contribution >= 4 is 30.0 Å². The summed E-state index contributed by atoms with van der Waals surface area (Å²) in [5.74, 6) is 0.259. The van der Waals surface area contributed by atoms with Crippen molar-refractivity contribution in [3.05, 3.63) is 161 Å². The molecule has 1 aliphatic carbocycles. The number of hydrogen-bond acceptors (Lipinski definition) is 2. The molecule has 5 rings (SSSR count). The molecule has 0 aliphatic heterocycles. The molecule has 0 fully saturated rings. The molecule has 39 heavy (non-hydrogen) atoms. The van der Waals surface area contributed by atoms with Gasteiger partial charge in [0.1, 0.15) is 0 Å². The summed E-state index contributed by atoms with van der Waals surface area (Å²) >= 11 is 0. The third kappa shape index (κ3) is 6.04. The van der Waals surface area contributed by atoms with Gasteiger partial charge in [0, 0.05) is 4.95 Å². The van der Waals surface area contributed by atoms with Crippen LogP contribution in [0.2, 0.25) is 0 Å². The van der Waals surface area contributed by atoms with E-state index in [0.717, 1.165) is 50.9 Å². The van der Waals surface area contributed by atoms with Crippen molar-refractivity contribution in [3.63, 3.8) is 0 Å². The van der Waals surface area contributed by atoms with Gasteiger partial charge >= 0.3 is 7.52 Å². The van der Waals surface area contributed by atoms with E-state index in [4.69, 9.17) is 0 Å². The smallest absolute Gasteiger partial charge is 0.323 e. The van der Waals surface area contributed by atoms with E-state index in [1.165, 1.54) is 0 Å². The Morgan fingerprint density at radius 1 is 0.846 bits per heavy atom. The lowest BCUT2D eigenvalue weighted by atomic mass is 9.91. The van der Waals surface area contributed by atoms with E-state index in [9.17, 15) is 14.4 Å². The first-order valence-electron chi connectivity index (χ1n) is 12.7. The van der Waals surface area contributed by atoms with Gasteiger partial charge < -0.3 is 4.89 Å². The Morgan fingerprint density at radius 2 is 1.46 bits per heavy atom. The van der Waals surface area contributed by atoms with E-state index in [-0.39, 0.29) is 11.2 Å². The summed E-state index contributed by atoms with van der Waals surface area (Å²) in [5, 5.41) is 0.0181. The van der Waals surface area contributed by atoms with Gasteiger partial charge in [-0.25, -0.2) is 0 Å². The summed E-state index contributed by atoms with van der Waals surface area (Å²) in [7, 11) is -4.37. The molecule has 0 amide bonds. The normalized spacial score (nSPS) is 16.0. The second-order valence-electron chi connectivity index (χ2n) is 9.46. The number of nitrogens with zero attached hydrogens (tertiary/aromatic N) is 1. The molecule has 4 nitrogen and oxygen atoms in total. The van der Waals surface area contributed by atoms with Crippen LogP contribution in [0.5, 0.6) is 0 Å². The summed E-state index contributed by atoms with van der Waals surface area (Å²) in [4.78, 5) is 24.0. The SMILES string of the molecule is C=CC1C=CC(c2cc(-c3ccc(C=C(c4ccccc4)c4ccccc4)cc3)cc(P(=O)(O)N=O)c2)=CC1. The van der Waals surface area contributed by atoms with Gasteiger partial charge in [0.2, 0.25) is 0 Å². The van der Waals surface area contributed by atoms with E-state index >= 15 is 0 Å². The molecule has 5 heteroatoms. The van der Waals surface area contributed by atoms with Crippen molar-refractivity contribution in [1.82, 2.24) is 0 Å². The Kier molecular flexibility index (Phi) is 7.79. The first-order chi connectivity index (χ1) is 19.0. The third-order valence-electron chi connectivity index (χ3n) is 6.86. The average molecular weight is 530 g/mol. The highest BCUT2D eigenvalue weighted by atomic mass is 31.2. The van der Waals surface area contributed by atoms with E-state index in [1.807, 2.05) is 78.9 Å². The molecule has 0 radical (unpaired) electrons. The number of allylic oxidation sites excluding steroid dienone is 5. The van der Waals surface area contributed by atoms with E-state index in [0.29, 0.717) is 0 Å².